The third-order valence-electron chi connectivity index (χ3n) is 5.40. The van der Waals surface area contributed by atoms with Gasteiger partial charge in [-0.15, -0.1) is 0 Å². The highest BCUT2D eigenvalue weighted by atomic mass is 35.6. The van der Waals surface area contributed by atoms with Crippen LogP contribution >= 0.6 is 11.1 Å². The first kappa shape index (κ1) is 14.5. The van der Waals surface area contributed by atoms with Gasteiger partial charge in [-0.25, -0.2) is 0 Å². The zero-order valence-electron chi connectivity index (χ0n) is 12.1. The van der Waals surface area contributed by atoms with Gasteiger partial charge in [-0.05, 0) is 31.2 Å². The van der Waals surface area contributed by atoms with Crippen molar-refractivity contribution < 1.29 is 0 Å². The number of halogens is 1. The topological polar surface area (TPSA) is 0 Å². The molecule has 16 heavy (non-hydrogen) atoms. The second-order valence-electron chi connectivity index (χ2n) is 6.69. The molecule has 0 aromatic rings. The fourth-order valence-corrected chi connectivity index (χ4v) is 11.6. The normalized spacial score (nSPS) is 32.4. The van der Waals surface area contributed by atoms with Crippen molar-refractivity contribution in [3.05, 3.63) is 11.1 Å². The van der Waals surface area contributed by atoms with Gasteiger partial charge < -0.3 is 0 Å². The van der Waals surface area contributed by atoms with Crippen molar-refractivity contribution >= 4 is 25.6 Å². The molecule has 0 N–H and O–H groups in total. The molecule has 0 radical (unpaired) electrons. The average Bonchev–Trinajstić information content (AvgIpc) is 2.29. The van der Waals surface area contributed by atoms with E-state index in [9.17, 15) is 0 Å². The van der Waals surface area contributed by atoms with Crippen molar-refractivity contribution in [2.45, 2.75) is 59.4 Å². The van der Waals surface area contributed by atoms with E-state index in [4.69, 9.17) is 11.1 Å². The van der Waals surface area contributed by atoms with E-state index < -0.39 is 14.5 Å². The largest absolute Gasteiger partial charge is 0.171 e. The molecule has 0 spiro atoms. The zero-order chi connectivity index (χ0) is 12.9. The van der Waals surface area contributed by atoms with Crippen LogP contribution in [0.1, 0.15) is 27.7 Å². The number of hydrogen-bond acceptors (Lipinski definition) is 0. The minimum Gasteiger partial charge on any atom is -0.171 e. The van der Waals surface area contributed by atoms with E-state index in [1.807, 2.05) is 0 Å². The van der Waals surface area contributed by atoms with Crippen LogP contribution in [0.4, 0.5) is 0 Å². The quantitative estimate of drug-likeness (QED) is 0.368. The van der Waals surface area contributed by atoms with Gasteiger partial charge in [0.15, 0.2) is 0 Å². The first-order chi connectivity index (χ1) is 7.01. The van der Waals surface area contributed by atoms with Crippen molar-refractivity contribution in [2.75, 3.05) is 0 Å². The van der Waals surface area contributed by atoms with E-state index in [1.54, 1.807) is 11.1 Å². The van der Waals surface area contributed by atoms with Crippen LogP contribution in [0.2, 0.25) is 31.7 Å². The van der Waals surface area contributed by atoms with E-state index in [1.165, 1.54) is 0 Å². The lowest BCUT2D eigenvalue weighted by atomic mass is 9.95. The van der Waals surface area contributed by atoms with Crippen LogP contribution in [-0.4, -0.2) is 14.5 Å². The molecule has 0 heterocycles. The lowest BCUT2D eigenvalue weighted by Crippen LogP contribution is -2.55. The van der Waals surface area contributed by atoms with Crippen molar-refractivity contribution in [1.82, 2.24) is 0 Å². The minimum absolute atomic E-state index is 0.754. The van der Waals surface area contributed by atoms with Gasteiger partial charge in [0.05, 0.1) is 7.59 Å². The van der Waals surface area contributed by atoms with Gasteiger partial charge in [-0.2, -0.15) is 11.1 Å². The summed E-state index contributed by atoms with van der Waals surface area (Å²) in [6.45, 7) is 17.7. The zero-order valence-corrected chi connectivity index (χ0v) is 14.9. The molecule has 0 amide bonds. The summed E-state index contributed by atoms with van der Waals surface area (Å²) < 4.78 is 0. The predicted octanol–water partition coefficient (Wildman–Crippen LogP) is 5.21. The van der Waals surface area contributed by atoms with Crippen LogP contribution < -0.4 is 0 Å². The van der Waals surface area contributed by atoms with Crippen LogP contribution in [-0.2, 0) is 0 Å². The summed E-state index contributed by atoms with van der Waals surface area (Å²) >= 11 is 6.81. The van der Waals surface area contributed by atoms with Gasteiger partial charge in [0.1, 0.15) is 6.90 Å². The van der Waals surface area contributed by atoms with Crippen LogP contribution in [0.25, 0.3) is 0 Å². The summed E-state index contributed by atoms with van der Waals surface area (Å²) in [5, 5.41) is 0. The molecule has 0 aliphatic heterocycles. The Balaban J connectivity index is 3.16. The third-order valence-corrected chi connectivity index (χ3v) is 25.5. The average molecular weight is 275 g/mol. The Morgan fingerprint density at radius 3 is 1.62 bits per heavy atom. The van der Waals surface area contributed by atoms with Gasteiger partial charge in [-0.1, -0.05) is 51.2 Å². The maximum Gasteiger partial charge on any atom is 0.141 e. The van der Waals surface area contributed by atoms with E-state index in [0.29, 0.717) is 0 Å². The van der Waals surface area contributed by atoms with Crippen molar-refractivity contribution in [3.63, 3.8) is 0 Å². The molecule has 1 rings (SSSR count). The minimum atomic E-state index is -1.52. The van der Waals surface area contributed by atoms with E-state index >= 15 is 0 Å². The molecular weight excluding hydrogens is 248 g/mol. The molecule has 0 fully saturated rings. The van der Waals surface area contributed by atoms with Gasteiger partial charge >= 0.3 is 0 Å². The van der Waals surface area contributed by atoms with Crippen LogP contribution in [0, 0.1) is 11.8 Å². The molecule has 0 nitrogen and oxygen atoms in total. The Bertz CT molecular complexity index is 312. The molecular formula is C13H27ClSi2. The lowest BCUT2D eigenvalue weighted by molar-refractivity contribution is 0.473. The molecule has 1 aliphatic carbocycles. The number of allylic oxidation sites excluding steroid dienone is 2. The molecule has 0 aromatic heterocycles. The van der Waals surface area contributed by atoms with E-state index in [0.717, 1.165) is 17.4 Å². The molecule has 3 atom stereocenters. The molecule has 1 aliphatic rings. The van der Waals surface area contributed by atoms with Crippen molar-refractivity contribution in [3.8, 4) is 0 Å². The predicted molar refractivity (Wildman–Crippen MR) is 81.3 cm³/mol. The molecule has 94 valence electrons. The smallest absolute Gasteiger partial charge is 0.141 e. The highest BCUT2D eigenvalue weighted by Gasteiger charge is 2.51. The van der Waals surface area contributed by atoms with E-state index in [-0.39, 0.29) is 0 Å². The third kappa shape index (κ3) is 2.08. The fourth-order valence-electron chi connectivity index (χ4n) is 3.25. The summed E-state index contributed by atoms with van der Waals surface area (Å²) in [4.78, 5) is 0. The standard InChI is InChI=1S/C13H27ClSi2/c1-9-10(2)12(4)13(11(9)3)15(5,6)16(7,8)14/h9,11,13H,1-8H3. The highest BCUT2D eigenvalue weighted by molar-refractivity contribution is 7.58. The maximum absolute atomic E-state index is 6.81. The summed E-state index contributed by atoms with van der Waals surface area (Å²) in [5.74, 6) is 1.55. The second kappa shape index (κ2) is 4.29. The monoisotopic (exact) mass is 274 g/mol. The van der Waals surface area contributed by atoms with Crippen LogP contribution in [0.15, 0.2) is 11.1 Å². The summed E-state index contributed by atoms with van der Waals surface area (Å²) in [6.07, 6.45) is 0. The second-order valence-corrected chi connectivity index (χ2v) is 25.1. The summed E-state index contributed by atoms with van der Waals surface area (Å²) in [6, 6.07) is 0. The molecule has 3 unspecified atom stereocenters. The van der Waals surface area contributed by atoms with Gasteiger partial charge in [0.25, 0.3) is 0 Å². The summed E-state index contributed by atoms with van der Waals surface area (Å²) in [5.41, 5.74) is 4.10. The Hall–Kier alpha value is 0.464. The molecule has 0 aromatic carbocycles. The number of rotatable bonds is 2. The molecule has 0 saturated heterocycles. The molecule has 0 bridgehead atoms. The first-order valence-electron chi connectivity index (χ1n) is 6.38. The SMILES string of the molecule is CC1=C(C)C([Si](C)(C)[Si](C)(C)Cl)C(C)C1C. The Labute approximate surface area is 108 Å². The number of hydrogen-bond donors (Lipinski definition) is 0. The van der Waals surface area contributed by atoms with Crippen LogP contribution in [0.5, 0.6) is 0 Å². The molecule has 0 saturated carbocycles. The van der Waals surface area contributed by atoms with Crippen molar-refractivity contribution in [1.29, 1.82) is 0 Å². The molecule has 3 heteroatoms. The Kier molecular flexibility index (Phi) is 3.89. The van der Waals surface area contributed by atoms with Crippen LogP contribution in [0.3, 0.4) is 0 Å². The first-order valence-corrected chi connectivity index (χ1v) is 14.5. The highest BCUT2D eigenvalue weighted by Crippen LogP contribution is 2.52. The Morgan fingerprint density at radius 1 is 0.938 bits per heavy atom. The maximum atomic E-state index is 6.81. The van der Waals surface area contributed by atoms with Crippen molar-refractivity contribution in [2.24, 2.45) is 11.8 Å². The van der Waals surface area contributed by atoms with Gasteiger partial charge in [0.2, 0.25) is 0 Å². The Morgan fingerprint density at radius 2 is 1.38 bits per heavy atom. The lowest BCUT2D eigenvalue weighted by Gasteiger charge is -2.42. The van der Waals surface area contributed by atoms with Gasteiger partial charge in [-0.3, -0.25) is 0 Å². The summed E-state index contributed by atoms with van der Waals surface area (Å²) in [7, 11) is -1.34. The fraction of sp³-hybridized carbons (Fsp3) is 0.846. The van der Waals surface area contributed by atoms with Gasteiger partial charge in [0, 0.05) is 0 Å². The van der Waals surface area contributed by atoms with E-state index in [2.05, 4.69) is 53.9 Å².